The van der Waals surface area contributed by atoms with Crippen molar-refractivity contribution < 1.29 is 9.53 Å². The van der Waals surface area contributed by atoms with Gasteiger partial charge in [0.15, 0.2) is 0 Å². The first-order chi connectivity index (χ1) is 12.5. The van der Waals surface area contributed by atoms with E-state index < -0.39 is 11.5 Å². The van der Waals surface area contributed by atoms with Crippen LogP contribution in [0.5, 0.6) is 5.75 Å². The largest absolute Gasteiger partial charge is 0.497 e. The van der Waals surface area contributed by atoms with Crippen molar-refractivity contribution in [2.24, 2.45) is 7.05 Å². The van der Waals surface area contributed by atoms with E-state index in [2.05, 4.69) is 5.10 Å². The number of pyridine rings is 1. The van der Waals surface area contributed by atoms with Gasteiger partial charge in [-0.2, -0.15) is 5.10 Å². The quantitative estimate of drug-likeness (QED) is 0.693. The number of carbonyl (C=O) groups is 1. The Kier molecular flexibility index (Phi) is 3.96. The minimum atomic E-state index is -0.422. The van der Waals surface area contributed by atoms with E-state index in [1.54, 1.807) is 54.2 Å². The van der Waals surface area contributed by atoms with Gasteiger partial charge in [-0.1, -0.05) is 11.6 Å². The fourth-order valence-corrected chi connectivity index (χ4v) is 3.68. The van der Waals surface area contributed by atoms with Crippen LogP contribution in [0.4, 0.5) is 5.82 Å². The number of rotatable bonds is 2. The number of methoxy groups -OCH3 is 1. The van der Waals surface area contributed by atoms with Crippen LogP contribution in [0.2, 0.25) is 5.02 Å². The van der Waals surface area contributed by atoms with Crippen LogP contribution in [0, 0.1) is 0 Å². The molecule has 0 spiro atoms. The second-order valence-electron chi connectivity index (χ2n) is 6.16. The Hall–Kier alpha value is -2.80. The van der Waals surface area contributed by atoms with E-state index in [1.807, 2.05) is 0 Å². The highest BCUT2D eigenvalue weighted by Crippen LogP contribution is 2.30. The zero-order valence-corrected chi connectivity index (χ0v) is 15.2. The van der Waals surface area contributed by atoms with Crippen molar-refractivity contribution in [3.05, 3.63) is 51.4 Å². The molecule has 0 N–H and O–H groups in total. The number of fused-ring (bicyclic) bond motifs is 2. The molecule has 3 aromatic rings. The van der Waals surface area contributed by atoms with E-state index in [4.69, 9.17) is 16.3 Å². The van der Waals surface area contributed by atoms with Crippen LogP contribution in [-0.2, 0) is 13.6 Å². The minimum Gasteiger partial charge on any atom is -0.497 e. The topological polar surface area (TPSA) is 69.4 Å². The van der Waals surface area contributed by atoms with Gasteiger partial charge in [0.2, 0.25) is 0 Å². The maximum atomic E-state index is 13.2. The van der Waals surface area contributed by atoms with E-state index in [-0.39, 0.29) is 10.6 Å². The zero-order valence-electron chi connectivity index (χ0n) is 14.4. The fraction of sp³-hybridized carbons (Fsp3) is 0.278. The molecule has 0 atom stereocenters. The van der Waals surface area contributed by atoms with Crippen LogP contribution in [0.15, 0.2) is 35.3 Å². The number of carbonyl (C=O) groups excluding carboxylic acids is 1. The third-order valence-electron chi connectivity index (χ3n) is 4.72. The molecule has 1 amide bonds. The molecule has 1 aliphatic heterocycles. The van der Waals surface area contributed by atoms with Gasteiger partial charge in [-0.25, -0.2) is 4.68 Å². The molecule has 1 aromatic carbocycles. The average Bonchev–Trinajstić information content (AvgIpc) is 3.14. The summed E-state index contributed by atoms with van der Waals surface area (Å²) in [4.78, 5) is 27.6. The summed E-state index contributed by atoms with van der Waals surface area (Å²) >= 11 is 6.52. The van der Waals surface area contributed by atoms with Gasteiger partial charge < -0.3 is 9.30 Å². The summed E-state index contributed by atoms with van der Waals surface area (Å²) in [6.45, 7) is 1.26. The van der Waals surface area contributed by atoms with Gasteiger partial charge in [0.25, 0.3) is 11.5 Å². The van der Waals surface area contributed by atoms with Crippen LogP contribution in [-0.4, -0.2) is 33.9 Å². The third kappa shape index (κ3) is 2.39. The van der Waals surface area contributed by atoms with Crippen molar-refractivity contribution in [3.63, 3.8) is 0 Å². The predicted molar refractivity (Wildman–Crippen MR) is 99.3 cm³/mol. The van der Waals surface area contributed by atoms with E-state index in [1.165, 1.54) is 4.57 Å². The molecule has 0 aliphatic carbocycles. The number of hydrogen-bond donors (Lipinski definition) is 0. The molecule has 134 valence electrons. The van der Waals surface area contributed by atoms with Crippen LogP contribution >= 0.6 is 11.6 Å². The first-order valence-electron chi connectivity index (χ1n) is 8.23. The van der Waals surface area contributed by atoms with Gasteiger partial charge in [-0.3, -0.25) is 14.5 Å². The van der Waals surface area contributed by atoms with Crippen molar-refractivity contribution in [1.29, 1.82) is 0 Å². The molecular weight excluding hydrogens is 356 g/mol. The molecule has 4 rings (SSSR count). The second kappa shape index (κ2) is 6.17. The molecule has 0 saturated heterocycles. The van der Waals surface area contributed by atoms with Crippen LogP contribution in [0.1, 0.15) is 16.8 Å². The minimum absolute atomic E-state index is 0.0374. The lowest BCUT2D eigenvalue weighted by Gasteiger charge is -2.28. The summed E-state index contributed by atoms with van der Waals surface area (Å²) in [5.74, 6) is 0.861. The summed E-state index contributed by atoms with van der Waals surface area (Å²) in [7, 11) is 3.18. The Morgan fingerprint density at radius 3 is 2.85 bits per heavy atom. The number of anilines is 1. The van der Waals surface area contributed by atoms with Gasteiger partial charge in [-0.15, -0.1) is 0 Å². The van der Waals surface area contributed by atoms with Crippen molar-refractivity contribution in [2.75, 3.05) is 18.6 Å². The third-order valence-corrected chi connectivity index (χ3v) is 5.11. The number of halogens is 1. The van der Waals surface area contributed by atoms with Gasteiger partial charge in [0.05, 0.1) is 23.8 Å². The van der Waals surface area contributed by atoms with Crippen LogP contribution < -0.4 is 15.2 Å². The lowest BCUT2D eigenvalue weighted by atomic mass is 10.1. The average molecular weight is 373 g/mol. The maximum Gasteiger partial charge on any atom is 0.266 e. The molecule has 2 aromatic heterocycles. The van der Waals surface area contributed by atoms with Crippen molar-refractivity contribution >= 4 is 34.2 Å². The van der Waals surface area contributed by atoms with Crippen LogP contribution in [0.25, 0.3) is 10.9 Å². The SMILES string of the molecule is COc1ccc2c(c1)c(Cl)c(C(=O)N1CCCn3nccc31)c(=O)n2C. The Balaban J connectivity index is 1.92. The summed E-state index contributed by atoms with van der Waals surface area (Å²) < 4.78 is 8.44. The number of hydrogen-bond acceptors (Lipinski definition) is 4. The normalized spacial score (nSPS) is 13.7. The van der Waals surface area contributed by atoms with Gasteiger partial charge in [-0.05, 0) is 24.6 Å². The second-order valence-corrected chi connectivity index (χ2v) is 6.54. The first-order valence-corrected chi connectivity index (χ1v) is 8.60. The molecule has 8 heteroatoms. The molecular formula is C18H17ClN4O3. The molecule has 3 heterocycles. The number of benzene rings is 1. The molecule has 1 aliphatic rings. The molecule has 0 radical (unpaired) electrons. The van der Waals surface area contributed by atoms with E-state index >= 15 is 0 Å². The standard InChI is InChI=1S/C18H17ClN4O3/c1-21-13-5-4-11(26-2)10-12(13)16(19)15(17(21)24)18(25)22-8-3-9-23-14(22)6-7-20-23/h4-7,10H,3,8-9H2,1-2H3. The Bertz CT molecular complexity index is 1090. The highest BCUT2D eigenvalue weighted by molar-refractivity contribution is 6.39. The smallest absolute Gasteiger partial charge is 0.266 e. The molecule has 0 unspecified atom stereocenters. The van der Waals surface area contributed by atoms with Crippen molar-refractivity contribution in [2.45, 2.75) is 13.0 Å². The van der Waals surface area contributed by atoms with Gasteiger partial charge in [0, 0.05) is 31.6 Å². The number of nitrogens with zero attached hydrogens (tertiary/aromatic N) is 4. The highest BCUT2D eigenvalue weighted by atomic mass is 35.5. The number of aromatic nitrogens is 3. The number of aryl methyl sites for hydroxylation is 2. The number of ether oxygens (including phenoxy) is 1. The zero-order chi connectivity index (χ0) is 18.4. The summed E-state index contributed by atoms with van der Waals surface area (Å²) in [5, 5.41) is 4.95. The fourth-order valence-electron chi connectivity index (χ4n) is 3.36. The highest BCUT2D eigenvalue weighted by Gasteiger charge is 2.29. The monoisotopic (exact) mass is 372 g/mol. The molecule has 0 bridgehead atoms. The predicted octanol–water partition coefficient (Wildman–Crippen LogP) is 2.45. The Morgan fingerprint density at radius 2 is 2.08 bits per heavy atom. The number of amides is 1. The van der Waals surface area contributed by atoms with Gasteiger partial charge >= 0.3 is 0 Å². The Morgan fingerprint density at radius 1 is 1.27 bits per heavy atom. The first kappa shape index (κ1) is 16.7. The van der Waals surface area contributed by atoms with E-state index in [9.17, 15) is 9.59 Å². The summed E-state index contributed by atoms with van der Waals surface area (Å²) in [6, 6.07) is 7.00. The Labute approximate surface area is 154 Å². The molecule has 26 heavy (non-hydrogen) atoms. The summed E-state index contributed by atoms with van der Waals surface area (Å²) in [5.41, 5.74) is 0.180. The molecule has 7 nitrogen and oxygen atoms in total. The molecule has 0 saturated carbocycles. The van der Waals surface area contributed by atoms with Crippen molar-refractivity contribution in [1.82, 2.24) is 14.3 Å². The lowest BCUT2D eigenvalue weighted by Crippen LogP contribution is -2.41. The molecule has 0 fully saturated rings. The summed E-state index contributed by atoms with van der Waals surface area (Å²) in [6.07, 6.45) is 2.41. The van der Waals surface area contributed by atoms with E-state index in [0.29, 0.717) is 29.0 Å². The van der Waals surface area contributed by atoms with Gasteiger partial charge in [0.1, 0.15) is 17.1 Å². The van der Waals surface area contributed by atoms with Crippen molar-refractivity contribution in [3.8, 4) is 5.75 Å². The lowest BCUT2D eigenvalue weighted by molar-refractivity contribution is 0.0979. The van der Waals surface area contributed by atoms with Crippen LogP contribution in [0.3, 0.4) is 0 Å². The maximum absolute atomic E-state index is 13.2. The van der Waals surface area contributed by atoms with E-state index in [0.717, 1.165) is 13.0 Å².